The molecule has 2 aromatic rings. The summed E-state index contributed by atoms with van der Waals surface area (Å²) >= 11 is 0. The lowest BCUT2D eigenvalue weighted by Gasteiger charge is -2.11. The average molecular weight is 260 g/mol. The Hall–Kier alpha value is -2.04. The van der Waals surface area contributed by atoms with Crippen LogP contribution >= 0.6 is 0 Å². The number of carbonyl (C=O) groups is 1. The van der Waals surface area contributed by atoms with E-state index >= 15 is 0 Å². The van der Waals surface area contributed by atoms with E-state index in [0.29, 0.717) is 16.7 Å². The largest absolute Gasteiger partial charge is 0.419 e. The molecule has 1 aromatic carbocycles. The average Bonchev–Trinajstić information content (AvgIpc) is 2.99. The molecule has 1 aliphatic rings. The van der Waals surface area contributed by atoms with E-state index in [2.05, 4.69) is 5.32 Å². The van der Waals surface area contributed by atoms with Gasteiger partial charge >= 0.3 is 5.76 Å². The molecule has 0 saturated heterocycles. The standard InChI is InChI=1S/C14H16N2O3/c1-16-11-7-6-9(8-12(11)19-14(16)18)13(17)15-10-4-2-3-5-10/h6-8,10H,2-5H2,1H3,(H,15,17). The van der Waals surface area contributed by atoms with Crippen LogP contribution in [0.3, 0.4) is 0 Å². The number of fused-ring (bicyclic) bond motifs is 1. The number of nitrogens with one attached hydrogen (secondary N) is 1. The molecule has 0 aliphatic heterocycles. The third-order valence-corrected chi connectivity index (χ3v) is 3.74. The number of aromatic nitrogens is 1. The maximum absolute atomic E-state index is 12.1. The second kappa shape index (κ2) is 4.57. The summed E-state index contributed by atoms with van der Waals surface area (Å²) in [6.45, 7) is 0. The third kappa shape index (κ3) is 2.16. The molecular formula is C14H16N2O3. The molecule has 1 fully saturated rings. The van der Waals surface area contributed by atoms with Gasteiger partial charge in [-0.05, 0) is 31.0 Å². The Labute approximate surface area is 110 Å². The van der Waals surface area contributed by atoms with Crippen LogP contribution in [0.4, 0.5) is 0 Å². The Morgan fingerprint density at radius 1 is 1.37 bits per heavy atom. The Morgan fingerprint density at radius 3 is 2.84 bits per heavy atom. The van der Waals surface area contributed by atoms with Crippen molar-refractivity contribution < 1.29 is 9.21 Å². The molecule has 0 radical (unpaired) electrons. The Bertz CT molecular complexity index is 678. The van der Waals surface area contributed by atoms with Gasteiger partial charge in [-0.2, -0.15) is 0 Å². The number of hydrogen-bond donors (Lipinski definition) is 1. The lowest BCUT2D eigenvalue weighted by Crippen LogP contribution is -2.32. The lowest BCUT2D eigenvalue weighted by molar-refractivity contribution is 0.0938. The smallest absolute Gasteiger partial charge is 0.408 e. The first-order valence-corrected chi connectivity index (χ1v) is 6.55. The van der Waals surface area contributed by atoms with Crippen molar-refractivity contribution in [1.82, 2.24) is 9.88 Å². The highest BCUT2D eigenvalue weighted by Crippen LogP contribution is 2.19. The molecule has 100 valence electrons. The van der Waals surface area contributed by atoms with Gasteiger partial charge in [0.15, 0.2) is 5.58 Å². The zero-order valence-corrected chi connectivity index (χ0v) is 10.8. The van der Waals surface area contributed by atoms with Crippen LogP contribution in [0.15, 0.2) is 27.4 Å². The molecule has 0 unspecified atom stereocenters. The number of aryl methyl sites for hydroxylation is 1. The quantitative estimate of drug-likeness (QED) is 0.895. The first-order chi connectivity index (χ1) is 9.15. The number of rotatable bonds is 2. The molecule has 1 aliphatic carbocycles. The maximum Gasteiger partial charge on any atom is 0.419 e. The Morgan fingerprint density at radius 2 is 2.11 bits per heavy atom. The zero-order chi connectivity index (χ0) is 13.4. The molecule has 5 nitrogen and oxygen atoms in total. The zero-order valence-electron chi connectivity index (χ0n) is 10.8. The van der Waals surface area contributed by atoms with Crippen molar-refractivity contribution in [3.8, 4) is 0 Å². The van der Waals surface area contributed by atoms with E-state index in [0.717, 1.165) is 12.8 Å². The van der Waals surface area contributed by atoms with E-state index in [1.54, 1.807) is 25.2 Å². The summed E-state index contributed by atoms with van der Waals surface area (Å²) in [5.41, 5.74) is 1.68. The van der Waals surface area contributed by atoms with E-state index in [1.807, 2.05) is 0 Å². The van der Waals surface area contributed by atoms with Crippen LogP contribution in [0, 0.1) is 0 Å². The number of benzene rings is 1. The molecule has 1 amide bonds. The lowest BCUT2D eigenvalue weighted by atomic mass is 10.1. The molecule has 1 heterocycles. The molecule has 0 atom stereocenters. The van der Waals surface area contributed by atoms with Gasteiger partial charge in [0.25, 0.3) is 5.91 Å². The van der Waals surface area contributed by atoms with Gasteiger partial charge in [0, 0.05) is 18.7 Å². The first kappa shape index (κ1) is 12.0. The summed E-state index contributed by atoms with van der Waals surface area (Å²) in [4.78, 5) is 23.5. The molecule has 1 aromatic heterocycles. The van der Waals surface area contributed by atoms with Crippen LogP contribution < -0.4 is 11.1 Å². The van der Waals surface area contributed by atoms with E-state index < -0.39 is 5.76 Å². The SMILES string of the molecule is Cn1c(=O)oc2cc(C(=O)NC3CCCC3)ccc21. The second-order valence-corrected chi connectivity index (χ2v) is 5.06. The van der Waals surface area contributed by atoms with Crippen molar-refractivity contribution in [3.63, 3.8) is 0 Å². The molecule has 5 heteroatoms. The van der Waals surface area contributed by atoms with Crippen molar-refractivity contribution in [3.05, 3.63) is 34.3 Å². The van der Waals surface area contributed by atoms with Crippen LogP contribution in [-0.2, 0) is 7.05 Å². The van der Waals surface area contributed by atoms with Gasteiger partial charge in [-0.15, -0.1) is 0 Å². The van der Waals surface area contributed by atoms with E-state index in [1.165, 1.54) is 17.4 Å². The van der Waals surface area contributed by atoms with E-state index in [-0.39, 0.29) is 11.9 Å². The fourth-order valence-corrected chi connectivity index (χ4v) is 2.61. The third-order valence-electron chi connectivity index (χ3n) is 3.74. The first-order valence-electron chi connectivity index (χ1n) is 6.55. The van der Waals surface area contributed by atoms with Crippen molar-refractivity contribution in [2.45, 2.75) is 31.7 Å². The van der Waals surface area contributed by atoms with Crippen molar-refractivity contribution >= 4 is 17.0 Å². The number of carbonyl (C=O) groups excluding carboxylic acids is 1. The van der Waals surface area contributed by atoms with Gasteiger partial charge in [-0.25, -0.2) is 4.79 Å². The van der Waals surface area contributed by atoms with Gasteiger partial charge in [-0.3, -0.25) is 9.36 Å². The highest BCUT2D eigenvalue weighted by Gasteiger charge is 2.18. The van der Waals surface area contributed by atoms with Crippen molar-refractivity contribution in [2.24, 2.45) is 7.05 Å². The van der Waals surface area contributed by atoms with Gasteiger partial charge in [0.2, 0.25) is 0 Å². The molecule has 1 N–H and O–H groups in total. The van der Waals surface area contributed by atoms with E-state index in [9.17, 15) is 9.59 Å². The monoisotopic (exact) mass is 260 g/mol. The molecule has 0 bridgehead atoms. The van der Waals surface area contributed by atoms with Crippen LogP contribution in [0.5, 0.6) is 0 Å². The van der Waals surface area contributed by atoms with Gasteiger partial charge in [-0.1, -0.05) is 12.8 Å². The summed E-state index contributed by atoms with van der Waals surface area (Å²) in [7, 11) is 1.65. The highest BCUT2D eigenvalue weighted by molar-refractivity contribution is 5.97. The molecule has 1 saturated carbocycles. The van der Waals surface area contributed by atoms with Gasteiger partial charge in [0.05, 0.1) is 5.52 Å². The van der Waals surface area contributed by atoms with Crippen LogP contribution in [-0.4, -0.2) is 16.5 Å². The molecular weight excluding hydrogens is 244 g/mol. The van der Waals surface area contributed by atoms with Gasteiger partial charge < -0.3 is 9.73 Å². The minimum atomic E-state index is -0.414. The number of oxazole rings is 1. The Balaban J connectivity index is 1.88. The van der Waals surface area contributed by atoms with Crippen LogP contribution in [0.1, 0.15) is 36.0 Å². The number of nitrogens with zero attached hydrogens (tertiary/aromatic N) is 1. The predicted molar refractivity (Wildman–Crippen MR) is 71.2 cm³/mol. The second-order valence-electron chi connectivity index (χ2n) is 5.06. The summed E-state index contributed by atoms with van der Waals surface area (Å²) in [5.74, 6) is -0.511. The minimum Gasteiger partial charge on any atom is -0.408 e. The van der Waals surface area contributed by atoms with Crippen molar-refractivity contribution in [2.75, 3.05) is 0 Å². The number of hydrogen-bond acceptors (Lipinski definition) is 3. The topological polar surface area (TPSA) is 64.2 Å². The fraction of sp³-hybridized carbons (Fsp3) is 0.429. The van der Waals surface area contributed by atoms with Crippen LogP contribution in [0.25, 0.3) is 11.1 Å². The van der Waals surface area contributed by atoms with E-state index in [4.69, 9.17) is 4.42 Å². The van der Waals surface area contributed by atoms with Gasteiger partial charge in [0.1, 0.15) is 0 Å². The molecule has 0 spiro atoms. The number of amides is 1. The fourth-order valence-electron chi connectivity index (χ4n) is 2.61. The normalized spacial score (nSPS) is 16.1. The maximum atomic E-state index is 12.1. The summed E-state index contributed by atoms with van der Waals surface area (Å²) < 4.78 is 6.51. The Kier molecular flexibility index (Phi) is 2.89. The molecule has 19 heavy (non-hydrogen) atoms. The van der Waals surface area contributed by atoms with Crippen molar-refractivity contribution in [1.29, 1.82) is 0 Å². The summed E-state index contributed by atoms with van der Waals surface area (Å²) in [6.07, 6.45) is 4.46. The minimum absolute atomic E-state index is 0.0969. The predicted octanol–water partition coefficient (Wildman–Crippen LogP) is 1.80. The summed E-state index contributed by atoms with van der Waals surface area (Å²) in [6, 6.07) is 5.37. The molecule has 3 rings (SSSR count). The van der Waals surface area contributed by atoms with Crippen LogP contribution in [0.2, 0.25) is 0 Å². The highest BCUT2D eigenvalue weighted by atomic mass is 16.4. The summed E-state index contributed by atoms with van der Waals surface area (Å²) in [5, 5.41) is 3.02.